The van der Waals surface area contributed by atoms with Crippen molar-refractivity contribution >= 4 is 5.69 Å². The van der Waals surface area contributed by atoms with Crippen LogP contribution >= 0.6 is 0 Å². The number of benzene rings is 1. The molecule has 0 spiro atoms. The quantitative estimate of drug-likeness (QED) is 0.650. The fourth-order valence-electron chi connectivity index (χ4n) is 5.27. The monoisotopic (exact) mass is 307 g/mol. The number of hydrogen-bond donors (Lipinski definition) is 1. The molecule has 3 heterocycles. The minimum Gasteiger partial charge on any atom is -0.398 e. The highest BCUT2D eigenvalue weighted by Gasteiger charge is 2.59. The highest BCUT2D eigenvalue weighted by atomic mass is 16.5. The number of aromatic nitrogens is 1. The van der Waals surface area contributed by atoms with Crippen molar-refractivity contribution in [2.24, 2.45) is 0 Å². The van der Waals surface area contributed by atoms with E-state index in [0.717, 1.165) is 37.4 Å². The number of rotatable bonds is 1. The van der Waals surface area contributed by atoms with Crippen LogP contribution in [0, 0.1) is 0 Å². The van der Waals surface area contributed by atoms with E-state index >= 15 is 0 Å². The normalized spacial score (nSPS) is 33.9. The molecule has 4 heteroatoms. The van der Waals surface area contributed by atoms with Crippen molar-refractivity contribution in [2.75, 3.05) is 18.8 Å². The Labute approximate surface area is 135 Å². The Morgan fingerprint density at radius 2 is 2.26 bits per heavy atom. The van der Waals surface area contributed by atoms with E-state index in [4.69, 9.17) is 10.3 Å². The number of nitrogens with zero attached hydrogens (tertiary/aromatic N) is 2. The molecule has 2 N–H and O–H groups in total. The lowest BCUT2D eigenvalue weighted by molar-refractivity contribution is 0.154. The van der Waals surface area contributed by atoms with Gasteiger partial charge in [0, 0.05) is 36.3 Å². The topological polar surface area (TPSA) is 55.3 Å². The summed E-state index contributed by atoms with van der Waals surface area (Å²) in [5, 5.41) is 4.19. The van der Waals surface area contributed by atoms with Crippen LogP contribution < -0.4 is 5.73 Å². The zero-order valence-electron chi connectivity index (χ0n) is 13.3. The van der Waals surface area contributed by atoms with Crippen LogP contribution in [0.25, 0.3) is 0 Å². The number of hydrogen-bond acceptors (Lipinski definition) is 4. The summed E-state index contributed by atoms with van der Waals surface area (Å²) in [5.74, 6) is 1.51. The molecule has 5 rings (SSSR count). The van der Waals surface area contributed by atoms with Gasteiger partial charge in [-0.3, -0.25) is 4.90 Å². The van der Waals surface area contributed by atoms with Gasteiger partial charge in [0.2, 0.25) is 0 Å². The first-order valence-electron chi connectivity index (χ1n) is 8.45. The van der Waals surface area contributed by atoms with Crippen molar-refractivity contribution in [1.82, 2.24) is 10.1 Å². The molecule has 3 aliphatic rings. The van der Waals surface area contributed by atoms with E-state index in [2.05, 4.69) is 35.2 Å². The fraction of sp³-hybridized carbons (Fsp3) is 0.421. The summed E-state index contributed by atoms with van der Waals surface area (Å²) < 4.78 is 5.87. The van der Waals surface area contributed by atoms with Gasteiger partial charge in [0.05, 0.1) is 11.6 Å². The third kappa shape index (κ3) is 1.52. The summed E-state index contributed by atoms with van der Waals surface area (Å²) in [5.41, 5.74) is 11.1. The predicted molar refractivity (Wildman–Crippen MR) is 89.2 cm³/mol. The van der Waals surface area contributed by atoms with Gasteiger partial charge in [-0.05, 0) is 31.4 Å². The second kappa shape index (κ2) is 4.48. The Hall–Kier alpha value is -2.07. The van der Waals surface area contributed by atoms with E-state index in [1.165, 1.54) is 16.7 Å². The van der Waals surface area contributed by atoms with E-state index < -0.39 is 0 Å². The minimum atomic E-state index is -0.132. The molecule has 2 bridgehead atoms. The molecule has 3 atom stereocenters. The molecule has 1 unspecified atom stereocenters. The number of anilines is 1. The lowest BCUT2D eigenvalue weighted by atomic mass is 9.61. The molecule has 2 fully saturated rings. The first-order valence-corrected chi connectivity index (χ1v) is 8.45. The van der Waals surface area contributed by atoms with Crippen molar-refractivity contribution < 1.29 is 4.52 Å². The van der Waals surface area contributed by atoms with Crippen molar-refractivity contribution in [3.05, 3.63) is 59.0 Å². The summed E-state index contributed by atoms with van der Waals surface area (Å²) in [6.07, 6.45) is 6.41. The van der Waals surface area contributed by atoms with Gasteiger partial charge in [0.25, 0.3) is 0 Å². The molecule has 0 radical (unpaired) electrons. The highest BCUT2D eigenvalue weighted by Crippen LogP contribution is 2.58. The van der Waals surface area contributed by atoms with E-state index in [1.807, 2.05) is 18.3 Å². The molecule has 4 nitrogen and oxygen atoms in total. The molecule has 2 aromatic rings. The lowest BCUT2D eigenvalue weighted by Gasteiger charge is -2.48. The molecule has 0 amide bonds. The second-order valence-corrected chi connectivity index (χ2v) is 7.06. The first-order chi connectivity index (χ1) is 11.3. The third-order valence-electron chi connectivity index (χ3n) is 6.29. The van der Waals surface area contributed by atoms with Crippen LogP contribution in [-0.2, 0) is 5.41 Å². The molecular weight excluding hydrogens is 286 g/mol. The zero-order valence-corrected chi connectivity index (χ0v) is 13.3. The Morgan fingerprint density at radius 3 is 3.09 bits per heavy atom. The van der Waals surface area contributed by atoms with Gasteiger partial charge in [0.1, 0.15) is 0 Å². The van der Waals surface area contributed by atoms with Crippen LogP contribution in [0.3, 0.4) is 0 Å². The summed E-state index contributed by atoms with van der Waals surface area (Å²) in [6, 6.07) is 8.74. The summed E-state index contributed by atoms with van der Waals surface area (Å²) in [4.78, 5) is 2.61. The van der Waals surface area contributed by atoms with Crippen LogP contribution in [-0.4, -0.2) is 29.2 Å². The Kier molecular flexibility index (Phi) is 2.61. The second-order valence-electron chi connectivity index (χ2n) is 7.06. The minimum absolute atomic E-state index is 0.132. The van der Waals surface area contributed by atoms with Crippen molar-refractivity contribution in [1.29, 1.82) is 0 Å². The SMILES string of the molecule is C/C=C1/CN2CC[C@]3(c4ccccc4N)c4oncc4[C@H]1CC23. The van der Waals surface area contributed by atoms with Crippen molar-refractivity contribution in [3.8, 4) is 0 Å². The maximum absolute atomic E-state index is 6.39. The number of fused-ring (bicyclic) bond motifs is 4. The van der Waals surface area contributed by atoms with Gasteiger partial charge in [-0.25, -0.2) is 0 Å². The Bertz CT molecular complexity index is 808. The summed E-state index contributed by atoms with van der Waals surface area (Å²) in [7, 11) is 0. The van der Waals surface area contributed by atoms with Gasteiger partial charge in [-0.15, -0.1) is 0 Å². The van der Waals surface area contributed by atoms with Crippen LogP contribution in [0.15, 0.2) is 46.6 Å². The molecule has 0 saturated carbocycles. The van der Waals surface area contributed by atoms with Crippen LogP contribution in [0.4, 0.5) is 5.69 Å². The average Bonchev–Trinajstić information content (AvgIpc) is 3.20. The van der Waals surface area contributed by atoms with Gasteiger partial charge >= 0.3 is 0 Å². The Morgan fingerprint density at radius 1 is 1.39 bits per heavy atom. The highest BCUT2D eigenvalue weighted by molar-refractivity contribution is 5.59. The number of para-hydroxylation sites is 1. The largest absolute Gasteiger partial charge is 0.398 e. The van der Waals surface area contributed by atoms with E-state index in [9.17, 15) is 0 Å². The summed E-state index contributed by atoms with van der Waals surface area (Å²) in [6.45, 7) is 4.30. The maximum atomic E-state index is 6.39. The number of nitrogen functional groups attached to an aromatic ring is 1. The average molecular weight is 307 g/mol. The summed E-state index contributed by atoms with van der Waals surface area (Å²) >= 11 is 0. The van der Waals surface area contributed by atoms with Gasteiger partial charge in [-0.2, -0.15) is 0 Å². The maximum Gasteiger partial charge on any atom is 0.152 e. The molecule has 1 aromatic carbocycles. The smallest absolute Gasteiger partial charge is 0.152 e. The molecular formula is C19H21N3O. The molecule has 2 aliphatic heterocycles. The molecule has 23 heavy (non-hydrogen) atoms. The number of piperidine rings is 1. The molecule has 1 aliphatic carbocycles. The molecule has 118 valence electrons. The van der Waals surface area contributed by atoms with Crippen molar-refractivity contribution in [2.45, 2.75) is 37.1 Å². The Balaban J connectivity index is 1.80. The third-order valence-corrected chi connectivity index (χ3v) is 6.29. The standard InChI is InChI=1S/C19H21N3O/c1-2-12-11-22-8-7-19(15-5-3-4-6-16(15)20)17(22)9-13(12)14-10-21-23-18(14)19/h2-6,10,13,17H,7-9,11,20H2,1H3/b12-2-/t13-,17?,19+/m0/s1. The lowest BCUT2D eigenvalue weighted by Crippen LogP contribution is -2.51. The van der Waals surface area contributed by atoms with Crippen LogP contribution in [0.5, 0.6) is 0 Å². The number of allylic oxidation sites excluding steroid dienone is 1. The van der Waals surface area contributed by atoms with Crippen LogP contribution in [0.1, 0.15) is 42.6 Å². The number of nitrogens with two attached hydrogens (primary N) is 1. The van der Waals surface area contributed by atoms with Crippen molar-refractivity contribution in [3.63, 3.8) is 0 Å². The molecule has 2 saturated heterocycles. The van der Waals surface area contributed by atoms with E-state index in [1.54, 1.807) is 0 Å². The van der Waals surface area contributed by atoms with E-state index in [0.29, 0.717) is 12.0 Å². The first kappa shape index (κ1) is 13.4. The fourth-order valence-corrected chi connectivity index (χ4v) is 5.27. The predicted octanol–water partition coefficient (Wildman–Crippen LogP) is 3.06. The van der Waals surface area contributed by atoms with Gasteiger partial charge in [-0.1, -0.05) is 35.0 Å². The molecule has 1 aromatic heterocycles. The van der Waals surface area contributed by atoms with Gasteiger partial charge < -0.3 is 10.3 Å². The van der Waals surface area contributed by atoms with Crippen LogP contribution in [0.2, 0.25) is 0 Å². The van der Waals surface area contributed by atoms with Gasteiger partial charge in [0.15, 0.2) is 5.76 Å². The zero-order chi connectivity index (χ0) is 15.6. The van der Waals surface area contributed by atoms with E-state index in [-0.39, 0.29) is 5.41 Å².